The highest BCUT2D eigenvalue weighted by Gasteiger charge is 2.51. The Hall–Kier alpha value is -1.96. The number of aromatic nitrogens is 1. The van der Waals surface area contributed by atoms with Crippen LogP contribution in [0.3, 0.4) is 0 Å². The molecule has 2 fully saturated rings. The van der Waals surface area contributed by atoms with Crippen molar-refractivity contribution in [3.8, 4) is 0 Å². The highest BCUT2D eigenvalue weighted by molar-refractivity contribution is 7.13. The van der Waals surface area contributed by atoms with Gasteiger partial charge in [0, 0.05) is 5.38 Å². The summed E-state index contributed by atoms with van der Waals surface area (Å²) in [4.78, 5) is 41.8. The lowest BCUT2D eigenvalue weighted by Crippen LogP contribution is -2.48. The number of hydrogen-bond donors (Lipinski definition) is 2. The summed E-state index contributed by atoms with van der Waals surface area (Å²) < 4.78 is 0. The van der Waals surface area contributed by atoms with Crippen molar-refractivity contribution in [2.45, 2.75) is 44.6 Å². The molecule has 1 aliphatic heterocycles. The lowest BCUT2D eigenvalue weighted by Gasteiger charge is -2.30. The Morgan fingerprint density at radius 1 is 1.41 bits per heavy atom. The average molecular weight is 322 g/mol. The van der Waals surface area contributed by atoms with Crippen LogP contribution in [0.1, 0.15) is 37.8 Å². The van der Waals surface area contributed by atoms with E-state index >= 15 is 0 Å². The van der Waals surface area contributed by atoms with E-state index in [1.807, 2.05) is 12.3 Å². The predicted octanol–water partition coefficient (Wildman–Crippen LogP) is 1.64. The van der Waals surface area contributed by atoms with Gasteiger partial charge in [-0.25, -0.2) is 9.78 Å². The Kier molecular flexibility index (Phi) is 3.86. The van der Waals surface area contributed by atoms with Crippen molar-refractivity contribution in [1.29, 1.82) is 0 Å². The zero-order valence-electron chi connectivity index (χ0n) is 12.3. The molecule has 4 amide bonds. The van der Waals surface area contributed by atoms with Crippen molar-refractivity contribution in [1.82, 2.24) is 15.2 Å². The average Bonchev–Trinajstić information content (AvgIpc) is 2.97. The van der Waals surface area contributed by atoms with Gasteiger partial charge in [-0.3, -0.25) is 14.5 Å². The van der Waals surface area contributed by atoms with Gasteiger partial charge >= 0.3 is 6.03 Å². The molecule has 2 heterocycles. The second-order valence-electron chi connectivity index (χ2n) is 5.81. The van der Waals surface area contributed by atoms with E-state index in [0.717, 1.165) is 29.9 Å². The Labute approximate surface area is 132 Å². The predicted molar refractivity (Wildman–Crippen MR) is 81.5 cm³/mol. The normalized spacial score (nSPS) is 20.3. The van der Waals surface area contributed by atoms with E-state index in [4.69, 9.17) is 0 Å². The molecule has 0 atom stereocenters. The first-order chi connectivity index (χ1) is 10.5. The van der Waals surface area contributed by atoms with Crippen LogP contribution in [-0.4, -0.2) is 39.8 Å². The molecule has 7 nitrogen and oxygen atoms in total. The van der Waals surface area contributed by atoms with Gasteiger partial charge in [0.2, 0.25) is 5.91 Å². The van der Waals surface area contributed by atoms with Gasteiger partial charge in [-0.05, 0) is 19.8 Å². The number of anilines is 1. The second kappa shape index (κ2) is 5.68. The highest BCUT2D eigenvalue weighted by atomic mass is 32.1. The summed E-state index contributed by atoms with van der Waals surface area (Å²) in [5.41, 5.74) is 0.0318. The largest absolute Gasteiger partial charge is 0.325 e. The minimum atomic E-state index is -0.784. The Balaban J connectivity index is 1.65. The van der Waals surface area contributed by atoms with E-state index in [1.165, 1.54) is 11.3 Å². The van der Waals surface area contributed by atoms with Crippen LogP contribution in [-0.2, 0) is 9.59 Å². The molecule has 0 radical (unpaired) electrons. The summed E-state index contributed by atoms with van der Waals surface area (Å²) in [6.45, 7) is 1.56. The number of hydrogen-bond acceptors (Lipinski definition) is 5. The summed E-state index contributed by atoms with van der Waals surface area (Å²) in [5, 5.41) is 7.70. The summed E-state index contributed by atoms with van der Waals surface area (Å²) >= 11 is 1.31. The van der Waals surface area contributed by atoms with Crippen LogP contribution >= 0.6 is 11.3 Å². The number of carbonyl (C=O) groups is 3. The maximum Gasteiger partial charge on any atom is 0.325 e. The number of carbonyl (C=O) groups excluding carboxylic acids is 3. The third-order valence-electron chi connectivity index (χ3n) is 4.12. The minimum Gasteiger partial charge on any atom is -0.323 e. The SMILES string of the molecule is Cc1csc(NC(=O)CN2C(=O)NC3(CCCCC3)C2=O)n1. The first-order valence-corrected chi connectivity index (χ1v) is 8.24. The van der Waals surface area contributed by atoms with Crippen LogP contribution in [0.2, 0.25) is 0 Å². The van der Waals surface area contributed by atoms with Crippen molar-refractivity contribution >= 4 is 34.3 Å². The molecule has 1 saturated heterocycles. The first kappa shape index (κ1) is 15.0. The summed E-state index contributed by atoms with van der Waals surface area (Å²) in [5.74, 6) is -0.687. The number of amides is 4. The number of rotatable bonds is 3. The molecule has 0 bridgehead atoms. The molecule has 22 heavy (non-hydrogen) atoms. The highest BCUT2D eigenvalue weighted by Crippen LogP contribution is 2.33. The van der Waals surface area contributed by atoms with Crippen LogP contribution in [0.15, 0.2) is 5.38 Å². The Bertz CT molecular complexity index is 621. The zero-order chi connectivity index (χ0) is 15.7. The molecule has 8 heteroatoms. The van der Waals surface area contributed by atoms with E-state index < -0.39 is 17.5 Å². The molecule has 1 aromatic heterocycles. The van der Waals surface area contributed by atoms with Gasteiger partial charge < -0.3 is 10.6 Å². The Morgan fingerprint density at radius 3 is 2.77 bits per heavy atom. The fourth-order valence-electron chi connectivity index (χ4n) is 3.03. The minimum absolute atomic E-state index is 0.273. The summed E-state index contributed by atoms with van der Waals surface area (Å²) in [6, 6.07) is -0.475. The number of thiazole rings is 1. The molecular formula is C14H18N4O3S. The number of nitrogens with zero attached hydrogens (tertiary/aromatic N) is 2. The van der Waals surface area contributed by atoms with Gasteiger partial charge in [0.15, 0.2) is 5.13 Å². The van der Waals surface area contributed by atoms with Gasteiger partial charge in [-0.2, -0.15) is 0 Å². The fourth-order valence-corrected chi connectivity index (χ4v) is 3.73. The van der Waals surface area contributed by atoms with Crippen LogP contribution in [0.5, 0.6) is 0 Å². The van der Waals surface area contributed by atoms with E-state index in [-0.39, 0.29) is 12.5 Å². The molecule has 2 aliphatic rings. The quantitative estimate of drug-likeness (QED) is 0.828. The van der Waals surface area contributed by atoms with Crippen molar-refractivity contribution in [2.24, 2.45) is 0 Å². The van der Waals surface area contributed by atoms with E-state index in [1.54, 1.807) is 0 Å². The number of nitrogens with one attached hydrogen (secondary N) is 2. The van der Waals surface area contributed by atoms with Crippen LogP contribution in [0, 0.1) is 6.92 Å². The maximum atomic E-state index is 12.5. The molecule has 1 saturated carbocycles. The third kappa shape index (κ3) is 2.70. The molecule has 2 N–H and O–H groups in total. The topological polar surface area (TPSA) is 91.4 Å². The molecule has 3 rings (SSSR count). The number of urea groups is 1. The fraction of sp³-hybridized carbons (Fsp3) is 0.571. The standard InChI is InChI=1S/C14H18N4O3S/c1-9-8-22-12(15-9)16-10(19)7-18-11(20)14(17-13(18)21)5-3-2-4-6-14/h8H,2-7H2,1H3,(H,17,21)(H,15,16,19). The Morgan fingerprint density at radius 2 is 2.14 bits per heavy atom. The van der Waals surface area contributed by atoms with Crippen molar-refractivity contribution < 1.29 is 14.4 Å². The van der Waals surface area contributed by atoms with E-state index in [2.05, 4.69) is 15.6 Å². The van der Waals surface area contributed by atoms with Crippen LogP contribution in [0.4, 0.5) is 9.93 Å². The number of imide groups is 1. The van der Waals surface area contributed by atoms with Crippen molar-refractivity contribution in [2.75, 3.05) is 11.9 Å². The van der Waals surface area contributed by atoms with E-state index in [0.29, 0.717) is 18.0 Å². The smallest absolute Gasteiger partial charge is 0.323 e. The van der Waals surface area contributed by atoms with Gasteiger partial charge in [0.05, 0.1) is 5.69 Å². The van der Waals surface area contributed by atoms with Gasteiger partial charge in [0.25, 0.3) is 5.91 Å². The van der Waals surface area contributed by atoms with Crippen LogP contribution in [0.25, 0.3) is 0 Å². The number of aryl methyl sites for hydroxylation is 1. The van der Waals surface area contributed by atoms with Gasteiger partial charge in [0.1, 0.15) is 12.1 Å². The molecule has 0 unspecified atom stereocenters. The molecule has 0 aromatic carbocycles. The third-order valence-corrected chi connectivity index (χ3v) is 5.00. The molecule has 1 spiro atoms. The lowest BCUT2D eigenvalue weighted by atomic mass is 9.82. The van der Waals surface area contributed by atoms with Gasteiger partial charge in [-0.15, -0.1) is 11.3 Å². The monoisotopic (exact) mass is 322 g/mol. The van der Waals surface area contributed by atoms with Crippen LogP contribution < -0.4 is 10.6 Å². The molecule has 1 aromatic rings. The molecular weight excluding hydrogens is 304 g/mol. The maximum absolute atomic E-state index is 12.5. The summed E-state index contributed by atoms with van der Waals surface area (Å²) in [7, 11) is 0. The lowest BCUT2D eigenvalue weighted by molar-refractivity contribution is -0.134. The van der Waals surface area contributed by atoms with Crippen molar-refractivity contribution in [3.63, 3.8) is 0 Å². The first-order valence-electron chi connectivity index (χ1n) is 7.36. The summed E-state index contributed by atoms with van der Waals surface area (Å²) in [6.07, 6.45) is 4.23. The van der Waals surface area contributed by atoms with Gasteiger partial charge in [-0.1, -0.05) is 19.3 Å². The second-order valence-corrected chi connectivity index (χ2v) is 6.66. The zero-order valence-corrected chi connectivity index (χ0v) is 13.2. The van der Waals surface area contributed by atoms with E-state index in [9.17, 15) is 14.4 Å². The molecule has 1 aliphatic carbocycles. The van der Waals surface area contributed by atoms with Crippen molar-refractivity contribution in [3.05, 3.63) is 11.1 Å². The molecule has 118 valence electrons.